The van der Waals surface area contributed by atoms with Crippen molar-refractivity contribution in [2.45, 2.75) is 0 Å². The van der Waals surface area contributed by atoms with Gasteiger partial charge in [-0.25, -0.2) is 4.79 Å². The summed E-state index contributed by atoms with van der Waals surface area (Å²) in [6, 6.07) is 14.6. The quantitative estimate of drug-likeness (QED) is 0.561. The predicted molar refractivity (Wildman–Crippen MR) is 90.4 cm³/mol. The zero-order valence-corrected chi connectivity index (χ0v) is 13.2. The lowest BCUT2D eigenvalue weighted by molar-refractivity contribution is 0.0844. The van der Waals surface area contributed by atoms with E-state index in [0.29, 0.717) is 22.3 Å². The van der Waals surface area contributed by atoms with Crippen LogP contribution in [0.3, 0.4) is 0 Å². The van der Waals surface area contributed by atoms with E-state index in [0.717, 1.165) is 0 Å². The standard InChI is InChI=1S/C18H14N2O5/c1-24-13-8-6-11(7-9-13)16(21)19-20-17(22)14-10-12-4-2-3-5-15(12)25-18(14)23/h2-10H,1H3,(H,19,21)(H,20,22). The zero-order chi connectivity index (χ0) is 17.8. The Kier molecular flexibility index (Phi) is 4.47. The third-order valence-corrected chi connectivity index (χ3v) is 3.53. The lowest BCUT2D eigenvalue weighted by atomic mass is 10.2. The number of carbonyl (C=O) groups excluding carboxylic acids is 2. The average Bonchev–Trinajstić information content (AvgIpc) is 2.65. The lowest BCUT2D eigenvalue weighted by Gasteiger charge is -2.08. The number of fused-ring (bicyclic) bond motifs is 1. The number of amides is 2. The average molecular weight is 338 g/mol. The summed E-state index contributed by atoms with van der Waals surface area (Å²) in [5, 5.41) is 0.605. The van der Waals surface area contributed by atoms with Crippen LogP contribution in [-0.2, 0) is 0 Å². The molecule has 0 radical (unpaired) electrons. The Hall–Kier alpha value is -3.61. The highest BCUT2D eigenvalue weighted by Crippen LogP contribution is 2.13. The van der Waals surface area contributed by atoms with Gasteiger partial charge in [0.25, 0.3) is 11.8 Å². The third-order valence-electron chi connectivity index (χ3n) is 3.53. The number of para-hydroxylation sites is 1. The normalized spacial score (nSPS) is 10.3. The van der Waals surface area contributed by atoms with Crippen LogP contribution in [0.25, 0.3) is 11.0 Å². The molecule has 2 amide bonds. The molecule has 0 aliphatic rings. The van der Waals surface area contributed by atoms with E-state index in [-0.39, 0.29) is 5.56 Å². The fourth-order valence-corrected chi connectivity index (χ4v) is 2.22. The van der Waals surface area contributed by atoms with Crippen molar-refractivity contribution in [3.8, 4) is 5.75 Å². The van der Waals surface area contributed by atoms with E-state index in [4.69, 9.17) is 9.15 Å². The van der Waals surface area contributed by atoms with Crippen molar-refractivity contribution in [1.29, 1.82) is 0 Å². The molecule has 25 heavy (non-hydrogen) atoms. The molecule has 0 atom stereocenters. The van der Waals surface area contributed by atoms with Crippen LogP contribution in [0.2, 0.25) is 0 Å². The number of hydrazine groups is 1. The molecule has 7 heteroatoms. The summed E-state index contributed by atoms with van der Waals surface area (Å²) in [6.07, 6.45) is 0. The van der Waals surface area contributed by atoms with Gasteiger partial charge in [0.2, 0.25) is 0 Å². The van der Waals surface area contributed by atoms with Gasteiger partial charge in [0, 0.05) is 10.9 Å². The van der Waals surface area contributed by atoms with Crippen molar-refractivity contribution < 1.29 is 18.7 Å². The highest BCUT2D eigenvalue weighted by molar-refractivity contribution is 6.00. The predicted octanol–water partition coefficient (Wildman–Crippen LogP) is 1.88. The minimum atomic E-state index is -0.783. The van der Waals surface area contributed by atoms with Gasteiger partial charge in [-0.3, -0.25) is 20.4 Å². The molecular formula is C18H14N2O5. The largest absolute Gasteiger partial charge is 0.497 e. The van der Waals surface area contributed by atoms with Crippen molar-refractivity contribution >= 4 is 22.8 Å². The number of nitrogens with one attached hydrogen (secondary N) is 2. The van der Waals surface area contributed by atoms with Crippen LogP contribution < -0.4 is 21.2 Å². The van der Waals surface area contributed by atoms with Crippen molar-refractivity contribution in [2.75, 3.05) is 7.11 Å². The third kappa shape index (κ3) is 3.50. The molecule has 2 N–H and O–H groups in total. The first-order valence-electron chi connectivity index (χ1n) is 7.36. The molecule has 0 saturated carbocycles. The van der Waals surface area contributed by atoms with Gasteiger partial charge in [0.1, 0.15) is 16.9 Å². The Labute approximate surface area is 142 Å². The van der Waals surface area contributed by atoms with Crippen LogP contribution >= 0.6 is 0 Å². The Balaban J connectivity index is 1.72. The molecule has 2 aromatic carbocycles. The number of methoxy groups -OCH3 is 1. The van der Waals surface area contributed by atoms with E-state index < -0.39 is 17.4 Å². The number of benzene rings is 2. The van der Waals surface area contributed by atoms with E-state index in [1.165, 1.54) is 13.2 Å². The van der Waals surface area contributed by atoms with Gasteiger partial charge in [-0.05, 0) is 36.4 Å². The summed E-state index contributed by atoms with van der Waals surface area (Å²) in [6.45, 7) is 0. The first kappa shape index (κ1) is 16.3. The molecule has 3 rings (SSSR count). The summed E-state index contributed by atoms with van der Waals surface area (Å²) in [5.74, 6) is -0.683. The van der Waals surface area contributed by atoms with E-state index in [1.807, 2.05) is 0 Å². The molecule has 3 aromatic rings. The summed E-state index contributed by atoms with van der Waals surface area (Å²) >= 11 is 0. The van der Waals surface area contributed by atoms with E-state index in [2.05, 4.69) is 10.9 Å². The minimum Gasteiger partial charge on any atom is -0.497 e. The first-order chi connectivity index (χ1) is 12.1. The van der Waals surface area contributed by atoms with Crippen molar-refractivity contribution in [1.82, 2.24) is 10.9 Å². The van der Waals surface area contributed by atoms with Gasteiger partial charge in [-0.2, -0.15) is 0 Å². The van der Waals surface area contributed by atoms with Crippen molar-refractivity contribution in [3.05, 3.63) is 76.1 Å². The molecule has 0 spiro atoms. The van der Waals surface area contributed by atoms with Gasteiger partial charge in [0.05, 0.1) is 7.11 Å². The van der Waals surface area contributed by atoms with Gasteiger partial charge in [0.15, 0.2) is 0 Å². The molecule has 1 heterocycles. The zero-order valence-electron chi connectivity index (χ0n) is 13.2. The second-order valence-electron chi connectivity index (χ2n) is 5.12. The van der Waals surface area contributed by atoms with E-state index in [1.54, 1.807) is 48.5 Å². The van der Waals surface area contributed by atoms with Gasteiger partial charge >= 0.3 is 5.63 Å². The summed E-state index contributed by atoms with van der Waals surface area (Å²) in [7, 11) is 1.52. The molecule has 0 bridgehead atoms. The smallest absolute Gasteiger partial charge is 0.349 e. The molecule has 0 aliphatic carbocycles. The molecule has 126 valence electrons. The monoisotopic (exact) mass is 338 g/mol. The molecule has 0 aliphatic heterocycles. The summed E-state index contributed by atoms with van der Waals surface area (Å²) in [5.41, 5.74) is 4.18. The Morgan fingerprint density at radius 1 is 0.960 bits per heavy atom. The Morgan fingerprint density at radius 2 is 1.64 bits per heavy atom. The molecular weight excluding hydrogens is 324 g/mol. The fraction of sp³-hybridized carbons (Fsp3) is 0.0556. The van der Waals surface area contributed by atoms with Crippen LogP contribution in [0.4, 0.5) is 0 Å². The molecule has 0 fully saturated rings. The maximum absolute atomic E-state index is 12.1. The van der Waals surface area contributed by atoms with Crippen LogP contribution in [0.5, 0.6) is 5.75 Å². The number of hydrogen-bond donors (Lipinski definition) is 2. The van der Waals surface area contributed by atoms with Crippen LogP contribution in [0.15, 0.2) is 63.8 Å². The number of carbonyl (C=O) groups is 2. The SMILES string of the molecule is COc1ccc(C(=O)NNC(=O)c2cc3ccccc3oc2=O)cc1. The van der Waals surface area contributed by atoms with E-state index >= 15 is 0 Å². The number of hydrogen-bond acceptors (Lipinski definition) is 5. The highest BCUT2D eigenvalue weighted by Gasteiger charge is 2.15. The second kappa shape index (κ2) is 6.88. The van der Waals surface area contributed by atoms with E-state index in [9.17, 15) is 14.4 Å². The molecule has 7 nitrogen and oxygen atoms in total. The lowest BCUT2D eigenvalue weighted by Crippen LogP contribution is -2.43. The van der Waals surface area contributed by atoms with Gasteiger partial charge < -0.3 is 9.15 Å². The fourth-order valence-electron chi connectivity index (χ4n) is 2.22. The van der Waals surface area contributed by atoms with Crippen molar-refractivity contribution in [3.63, 3.8) is 0 Å². The van der Waals surface area contributed by atoms with Crippen molar-refractivity contribution in [2.24, 2.45) is 0 Å². The van der Waals surface area contributed by atoms with Gasteiger partial charge in [-0.15, -0.1) is 0 Å². The second-order valence-corrected chi connectivity index (χ2v) is 5.12. The maximum atomic E-state index is 12.1. The number of ether oxygens (including phenoxy) is 1. The first-order valence-corrected chi connectivity index (χ1v) is 7.36. The Bertz CT molecular complexity index is 992. The molecule has 0 saturated heterocycles. The van der Waals surface area contributed by atoms with Crippen LogP contribution in [-0.4, -0.2) is 18.9 Å². The number of rotatable bonds is 3. The summed E-state index contributed by atoms with van der Waals surface area (Å²) in [4.78, 5) is 36.1. The maximum Gasteiger partial charge on any atom is 0.349 e. The van der Waals surface area contributed by atoms with Gasteiger partial charge in [-0.1, -0.05) is 18.2 Å². The summed E-state index contributed by atoms with van der Waals surface area (Å²) < 4.78 is 10.1. The molecule has 0 unspecified atom stereocenters. The Morgan fingerprint density at radius 3 is 2.36 bits per heavy atom. The minimum absolute atomic E-state index is 0.200. The molecule has 1 aromatic heterocycles. The van der Waals surface area contributed by atoms with Crippen LogP contribution in [0.1, 0.15) is 20.7 Å². The van der Waals surface area contributed by atoms with Crippen LogP contribution in [0, 0.1) is 0 Å². The topological polar surface area (TPSA) is 97.6 Å². The highest BCUT2D eigenvalue weighted by atomic mass is 16.5.